The third kappa shape index (κ3) is 3.00. The van der Waals surface area contributed by atoms with Crippen LogP contribution in [0.3, 0.4) is 0 Å². The SMILES string of the molecule is CC(C)c1nnc(C2CN(C(=O)c3cc(Cl)c[nH]3)CCO2)o1. The fourth-order valence-electron chi connectivity index (χ4n) is 2.25. The molecule has 1 saturated heterocycles. The van der Waals surface area contributed by atoms with E-state index < -0.39 is 6.10 Å². The number of amides is 1. The Hall–Kier alpha value is -1.86. The molecule has 1 atom stereocenters. The van der Waals surface area contributed by atoms with Crippen molar-refractivity contribution in [1.82, 2.24) is 20.1 Å². The summed E-state index contributed by atoms with van der Waals surface area (Å²) in [5.41, 5.74) is 0.457. The van der Waals surface area contributed by atoms with Crippen molar-refractivity contribution in [2.24, 2.45) is 0 Å². The summed E-state index contributed by atoms with van der Waals surface area (Å²) in [4.78, 5) is 17.0. The molecular formula is C14H17ClN4O3. The van der Waals surface area contributed by atoms with E-state index in [0.717, 1.165) is 0 Å². The number of nitrogens with one attached hydrogen (secondary N) is 1. The molecular weight excluding hydrogens is 308 g/mol. The van der Waals surface area contributed by atoms with E-state index in [1.54, 1.807) is 17.2 Å². The molecule has 3 heterocycles. The van der Waals surface area contributed by atoms with Gasteiger partial charge in [0.15, 0.2) is 6.10 Å². The van der Waals surface area contributed by atoms with Crippen LogP contribution in [0.2, 0.25) is 5.02 Å². The molecule has 0 radical (unpaired) electrons. The molecule has 0 aromatic carbocycles. The van der Waals surface area contributed by atoms with Gasteiger partial charge in [0.2, 0.25) is 11.8 Å². The minimum Gasteiger partial charge on any atom is -0.422 e. The molecule has 0 aliphatic carbocycles. The zero-order valence-corrected chi connectivity index (χ0v) is 13.1. The van der Waals surface area contributed by atoms with Crippen molar-refractivity contribution in [2.45, 2.75) is 25.9 Å². The van der Waals surface area contributed by atoms with Crippen LogP contribution in [0.4, 0.5) is 0 Å². The number of carbonyl (C=O) groups is 1. The second-order valence-corrected chi connectivity index (χ2v) is 5.91. The van der Waals surface area contributed by atoms with Gasteiger partial charge in [-0.15, -0.1) is 10.2 Å². The molecule has 0 bridgehead atoms. The van der Waals surface area contributed by atoms with Gasteiger partial charge in [-0.2, -0.15) is 0 Å². The minimum absolute atomic E-state index is 0.121. The first-order valence-corrected chi connectivity index (χ1v) is 7.50. The van der Waals surface area contributed by atoms with E-state index in [0.29, 0.717) is 42.2 Å². The lowest BCUT2D eigenvalue weighted by Gasteiger charge is -2.30. The molecule has 1 aliphatic heterocycles. The molecule has 1 N–H and O–H groups in total. The van der Waals surface area contributed by atoms with Gasteiger partial charge in [-0.1, -0.05) is 25.4 Å². The molecule has 1 aliphatic rings. The number of ether oxygens (including phenoxy) is 1. The smallest absolute Gasteiger partial charge is 0.270 e. The number of rotatable bonds is 3. The first kappa shape index (κ1) is 15.1. The molecule has 0 spiro atoms. The maximum Gasteiger partial charge on any atom is 0.270 e. The molecule has 1 amide bonds. The van der Waals surface area contributed by atoms with Crippen LogP contribution >= 0.6 is 11.6 Å². The van der Waals surface area contributed by atoms with Gasteiger partial charge in [-0.3, -0.25) is 4.79 Å². The summed E-state index contributed by atoms with van der Waals surface area (Å²) in [6.07, 6.45) is 1.18. The van der Waals surface area contributed by atoms with Crippen molar-refractivity contribution in [3.8, 4) is 0 Å². The Bertz CT molecular complexity index is 667. The summed E-state index contributed by atoms with van der Waals surface area (Å²) in [6, 6.07) is 1.61. The van der Waals surface area contributed by atoms with Gasteiger partial charge in [0.1, 0.15) is 5.69 Å². The molecule has 1 fully saturated rings. The Kier molecular flexibility index (Phi) is 4.17. The Balaban J connectivity index is 1.72. The molecule has 22 heavy (non-hydrogen) atoms. The zero-order chi connectivity index (χ0) is 15.7. The van der Waals surface area contributed by atoms with E-state index >= 15 is 0 Å². The maximum absolute atomic E-state index is 12.4. The number of nitrogens with zero attached hydrogens (tertiary/aromatic N) is 3. The highest BCUT2D eigenvalue weighted by molar-refractivity contribution is 6.30. The van der Waals surface area contributed by atoms with E-state index in [4.69, 9.17) is 20.8 Å². The normalized spacial score (nSPS) is 18.9. The number of carbonyl (C=O) groups excluding carboxylic acids is 1. The van der Waals surface area contributed by atoms with Gasteiger partial charge in [0.05, 0.1) is 18.2 Å². The van der Waals surface area contributed by atoms with Crippen LogP contribution in [-0.2, 0) is 4.74 Å². The van der Waals surface area contributed by atoms with E-state index in [1.807, 2.05) is 13.8 Å². The van der Waals surface area contributed by atoms with Gasteiger partial charge in [0.25, 0.3) is 5.91 Å². The van der Waals surface area contributed by atoms with Crippen molar-refractivity contribution < 1.29 is 13.9 Å². The number of hydrogen-bond acceptors (Lipinski definition) is 5. The van der Waals surface area contributed by atoms with Gasteiger partial charge < -0.3 is 19.0 Å². The highest BCUT2D eigenvalue weighted by atomic mass is 35.5. The molecule has 7 nitrogen and oxygen atoms in total. The Labute approximate surface area is 132 Å². The van der Waals surface area contributed by atoms with Crippen LogP contribution in [0, 0.1) is 0 Å². The lowest BCUT2D eigenvalue weighted by Crippen LogP contribution is -2.42. The predicted molar refractivity (Wildman–Crippen MR) is 78.8 cm³/mol. The molecule has 1 unspecified atom stereocenters. The molecule has 2 aromatic rings. The van der Waals surface area contributed by atoms with Crippen LogP contribution in [0.1, 0.15) is 48.1 Å². The van der Waals surface area contributed by atoms with E-state index in [2.05, 4.69) is 15.2 Å². The van der Waals surface area contributed by atoms with Crippen molar-refractivity contribution in [2.75, 3.05) is 19.7 Å². The summed E-state index contributed by atoms with van der Waals surface area (Å²) in [5, 5.41) is 8.53. The van der Waals surface area contributed by atoms with Crippen molar-refractivity contribution in [3.63, 3.8) is 0 Å². The first-order chi connectivity index (χ1) is 10.5. The quantitative estimate of drug-likeness (QED) is 0.937. The Morgan fingerprint density at radius 1 is 1.50 bits per heavy atom. The lowest BCUT2D eigenvalue weighted by atomic mass is 10.2. The Morgan fingerprint density at radius 2 is 2.32 bits per heavy atom. The number of halogens is 1. The van der Waals surface area contributed by atoms with Crippen LogP contribution in [0.15, 0.2) is 16.7 Å². The van der Waals surface area contributed by atoms with Crippen LogP contribution in [0.25, 0.3) is 0 Å². The number of morpholine rings is 1. The largest absolute Gasteiger partial charge is 0.422 e. The maximum atomic E-state index is 12.4. The summed E-state index contributed by atoms with van der Waals surface area (Å²) in [6.45, 7) is 5.25. The van der Waals surface area contributed by atoms with E-state index in [1.165, 1.54) is 0 Å². The topological polar surface area (TPSA) is 84.2 Å². The van der Waals surface area contributed by atoms with Crippen LogP contribution < -0.4 is 0 Å². The third-order valence-corrected chi connectivity index (χ3v) is 3.68. The zero-order valence-electron chi connectivity index (χ0n) is 12.4. The highest BCUT2D eigenvalue weighted by Gasteiger charge is 2.30. The molecule has 8 heteroatoms. The van der Waals surface area contributed by atoms with Crippen molar-refractivity contribution in [1.29, 1.82) is 0 Å². The van der Waals surface area contributed by atoms with Gasteiger partial charge in [-0.05, 0) is 6.07 Å². The molecule has 118 valence electrons. The highest BCUT2D eigenvalue weighted by Crippen LogP contribution is 2.24. The average molecular weight is 325 g/mol. The molecule has 3 rings (SSSR count). The number of H-pyrrole nitrogens is 1. The predicted octanol–water partition coefficient (Wildman–Crippen LogP) is 2.39. The second kappa shape index (κ2) is 6.10. The van der Waals surface area contributed by atoms with Crippen molar-refractivity contribution >= 4 is 17.5 Å². The van der Waals surface area contributed by atoms with Crippen molar-refractivity contribution in [3.05, 3.63) is 34.8 Å². The lowest BCUT2D eigenvalue weighted by molar-refractivity contribution is -0.0352. The number of hydrogen-bond donors (Lipinski definition) is 1. The molecule has 0 saturated carbocycles. The summed E-state index contributed by atoms with van der Waals surface area (Å²) in [5.74, 6) is 1.01. The number of aromatic nitrogens is 3. The fraction of sp³-hybridized carbons (Fsp3) is 0.500. The molecule has 2 aromatic heterocycles. The number of aromatic amines is 1. The van der Waals surface area contributed by atoms with E-state index in [-0.39, 0.29) is 11.8 Å². The van der Waals surface area contributed by atoms with Crippen LogP contribution in [0.5, 0.6) is 0 Å². The average Bonchev–Trinajstić information content (AvgIpc) is 3.15. The van der Waals surface area contributed by atoms with Gasteiger partial charge in [-0.25, -0.2) is 0 Å². The standard InChI is InChI=1S/C14H17ClN4O3/c1-8(2)12-17-18-13(22-12)11-7-19(3-4-21-11)14(20)10-5-9(15)6-16-10/h5-6,8,11,16H,3-4,7H2,1-2H3. The van der Waals surface area contributed by atoms with Crippen LogP contribution in [-0.4, -0.2) is 45.7 Å². The Morgan fingerprint density at radius 3 is 2.95 bits per heavy atom. The minimum atomic E-state index is -0.400. The summed E-state index contributed by atoms with van der Waals surface area (Å²) >= 11 is 5.84. The monoisotopic (exact) mass is 324 g/mol. The first-order valence-electron chi connectivity index (χ1n) is 7.12. The fourth-order valence-corrected chi connectivity index (χ4v) is 2.42. The van der Waals surface area contributed by atoms with E-state index in [9.17, 15) is 4.79 Å². The second-order valence-electron chi connectivity index (χ2n) is 5.48. The summed E-state index contributed by atoms with van der Waals surface area (Å²) < 4.78 is 11.3. The van der Waals surface area contributed by atoms with Gasteiger partial charge in [0, 0.05) is 18.7 Å². The van der Waals surface area contributed by atoms with Gasteiger partial charge >= 0.3 is 0 Å². The third-order valence-electron chi connectivity index (χ3n) is 3.46. The summed E-state index contributed by atoms with van der Waals surface area (Å²) in [7, 11) is 0.